The number of thioether (sulfide) groups is 1. The highest BCUT2D eigenvalue weighted by Gasteiger charge is 2.33. The van der Waals surface area contributed by atoms with Crippen LogP contribution in [-0.4, -0.2) is 32.7 Å². The van der Waals surface area contributed by atoms with E-state index in [0.717, 1.165) is 27.8 Å². The Labute approximate surface area is 213 Å². The van der Waals surface area contributed by atoms with Gasteiger partial charge in [-0.1, -0.05) is 90.2 Å². The molecule has 1 saturated heterocycles. The number of carbonyl (C=O) groups excluding carboxylic acids is 1. The number of aliphatic carboxylic acids is 1. The third kappa shape index (κ3) is 6.49. The fourth-order valence-corrected chi connectivity index (χ4v) is 4.61. The van der Waals surface area contributed by atoms with Crippen molar-refractivity contribution in [2.75, 3.05) is 6.54 Å². The zero-order valence-electron chi connectivity index (χ0n) is 19.0. The van der Waals surface area contributed by atoms with Gasteiger partial charge in [0.25, 0.3) is 5.91 Å². The fraction of sp³-hybridized carbons (Fsp3) is 0.148. The largest absolute Gasteiger partial charge is 0.485 e. The van der Waals surface area contributed by atoms with E-state index in [-0.39, 0.29) is 4.32 Å². The lowest BCUT2D eigenvalue weighted by Gasteiger charge is -2.14. The van der Waals surface area contributed by atoms with Crippen LogP contribution in [0.15, 0.2) is 77.7 Å². The average molecular weight is 506 g/mol. The number of aryl methyl sites for hydroxylation is 1. The first kappa shape index (κ1) is 24.5. The summed E-state index contributed by atoms with van der Waals surface area (Å²) >= 11 is 6.26. The summed E-state index contributed by atoms with van der Waals surface area (Å²) < 4.78 is 12.4. The van der Waals surface area contributed by atoms with Crippen LogP contribution in [0.4, 0.5) is 0 Å². The van der Waals surface area contributed by atoms with E-state index in [1.165, 1.54) is 5.56 Å². The van der Waals surface area contributed by atoms with E-state index in [9.17, 15) is 9.59 Å². The fourth-order valence-electron chi connectivity index (χ4n) is 3.35. The number of thiocarbonyl (C=S) groups is 1. The Bertz CT molecular complexity index is 1270. The predicted octanol–water partition coefficient (Wildman–Crippen LogP) is 5.44. The molecule has 178 valence electrons. The van der Waals surface area contributed by atoms with Crippen molar-refractivity contribution >= 4 is 46.3 Å². The molecule has 0 aromatic heterocycles. The molecule has 1 heterocycles. The lowest BCUT2D eigenvalue weighted by Crippen LogP contribution is -2.33. The summed E-state index contributed by atoms with van der Waals surface area (Å²) in [5.74, 6) is -0.420. The maximum absolute atomic E-state index is 12.6. The van der Waals surface area contributed by atoms with Crippen LogP contribution in [0.2, 0.25) is 0 Å². The molecule has 3 aromatic carbocycles. The number of nitrogens with zero attached hydrogens (tertiary/aromatic N) is 1. The second-order valence-corrected chi connectivity index (χ2v) is 9.59. The molecule has 1 fully saturated rings. The van der Waals surface area contributed by atoms with Crippen LogP contribution in [0.1, 0.15) is 22.3 Å². The number of hydrogen-bond donors (Lipinski definition) is 1. The number of amides is 1. The molecule has 0 saturated carbocycles. The molecule has 3 aromatic rings. The molecular formula is C27H23NO5S2. The molecule has 4 rings (SSSR count). The summed E-state index contributed by atoms with van der Waals surface area (Å²) in [4.78, 5) is 25.1. The van der Waals surface area contributed by atoms with Crippen molar-refractivity contribution in [2.45, 2.75) is 20.1 Å². The number of carboxylic acids is 1. The number of ether oxygens (including phenoxy) is 2. The Balaban J connectivity index is 1.57. The van der Waals surface area contributed by atoms with Crippen LogP contribution >= 0.6 is 24.0 Å². The first-order valence-electron chi connectivity index (χ1n) is 10.9. The minimum Gasteiger partial charge on any atom is -0.485 e. The van der Waals surface area contributed by atoms with E-state index >= 15 is 0 Å². The van der Waals surface area contributed by atoms with Crippen LogP contribution in [0.5, 0.6) is 11.5 Å². The van der Waals surface area contributed by atoms with Gasteiger partial charge in [-0.3, -0.25) is 14.5 Å². The van der Waals surface area contributed by atoms with Crippen molar-refractivity contribution in [3.05, 3.63) is 100.0 Å². The second-order valence-electron chi connectivity index (χ2n) is 7.92. The summed E-state index contributed by atoms with van der Waals surface area (Å²) in [5, 5.41) is 9.04. The van der Waals surface area contributed by atoms with Gasteiger partial charge in [0.05, 0.1) is 4.91 Å². The molecular weight excluding hydrogens is 482 g/mol. The zero-order valence-corrected chi connectivity index (χ0v) is 20.6. The number of rotatable bonds is 9. The number of hydrogen-bond acceptors (Lipinski definition) is 6. The van der Waals surface area contributed by atoms with Gasteiger partial charge in [-0.05, 0) is 41.8 Å². The first-order chi connectivity index (χ1) is 16.9. The van der Waals surface area contributed by atoms with Gasteiger partial charge in [-0.15, -0.1) is 0 Å². The molecule has 0 spiro atoms. The quantitative estimate of drug-likeness (QED) is 0.307. The van der Waals surface area contributed by atoms with Crippen LogP contribution < -0.4 is 9.47 Å². The van der Waals surface area contributed by atoms with E-state index in [4.69, 9.17) is 26.8 Å². The third-order valence-corrected chi connectivity index (χ3v) is 6.56. The summed E-state index contributed by atoms with van der Waals surface area (Å²) in [7, 11) is 0. The highest BCUT2D eigenvalue weighted by atomic mass is 32.2. The lowest BCUT2D eigenvalue weighted by molar-refractivity contribution is -0.140. The Kier molecular flexibility index (Phi) is 7.84. The number of carbonyl (C=O) groups is 2. The monoisotopic (exact) mass is 505 g/mol. The Morgan fingerprint density at radius 3 is 2.31 bits per heavy atom. The summed E-state index contributed by atoms with van der Waals surface area (Å²) in [6.45, 7) is 2.31. The van der Waals surface area contributed by atoms with Crippen molar-refractivity contribution in [3.63, 3.8) is 0 Å². The third-order valence-electron chi connectivity index (χ3n) is 5.18. The Morgan fingerprint density at radius 2 is 1.63 bits per heavy atom. The van der Waals surface area contributed by atoms with Crippen molar-refractivity contribution < 1.29 is 24.2 Å². The lowest BCUT2D eigenvalue weighted by atomic mass is 10.1. The molecule has 8 heteroatoms. The van der Waals surface area contributed by atoms with E-state index < -0.39 is 18.4 Å². The average Bonchev–Trinajstić information content (AvgIpc) is 3.10. The molecule has 1 aliphatic rings. The summed E-state index contributed by atoms with van der Waals surface area (Å²) in [5.41, 5.74) is 3.94. The van der Waals surface area contributed by atoms with Crippen LogP contribution in [-0.2, 0) is 22.8 Å². The minimum absolute atomic E-state index is 0.224. The second kappa shape index (κ2) is 11.2. The first-order valence-corrected chi connectivity index (χ1v) is 12.1. The van der Waals surface area contributed by atoms with Gasteiger partial charge in [0.1, 0.15) is 24.1 Å². The normalized spacial score (nSPS) is 14.4. The smallest absolute Gasteiger partial charge is 0.323 e. The molecule has 0 aliphatic carbocycles. The molecule has 0 unspecified atom stereocenters. The van der Waals surface area contributed by atoms with Crippen molar-refractivity contribution in [3.8, 4) is 11.5 Å². The number of benzene rings is 3. The topological polar surface area (TPSA) is 76.1 Å². The number of carboxylic acid groups (broad SMARTS) is 1. The molecule has 35 heavy (non-hydrogen) atoms. The highest BCUT2D eigenvalue weighted by Crippen LogP contribution is 2.35. The van der Waals surface area contributed by atoms with Gasteiger partial charge in [0.2, 0.25) is 0 Å². The summed E-state index contributed by atoms with van der Waals surface area (Å²) in [6, 6.07) is 23.3. The van der Waals surface area contributed by atoms with Crippen molar-refractivity contribution in [1.82, 2.24) is 4.90 Å². The van der Waals surface area contributed by atoms with E-state index in [1.807, 2.05) is 67.6 Å². The maximum Gasteiger partial charge on any atom is 0.323 e. The van der Waals surface area contributed by atoms with Crippen molar-refractivity contribution in [1.29, 1.82) is 0 Å². The standard InChI is InChI=1S/C27H23NO5S2/c1-18-7-9-20(10-8-18)17-32-22-12-11-21(13-23(22)33-16-19-5-3-2-4-6-19)14-24-26(31)28(15-25(29)30)27(34)35-24/h2-14H,15-17H2,1H3,(H,29,30). The summed E-state index contributed by atoms with van der Waals surface area (Å²) in [6.07, 6.45) is 1.68. The van der Waals surface area contributed by atoms with E-state index in [0.29, 0.717) is 35.2 Å². The van der Waals surface area contributed by atoms with Gasteiger partial charge in [0, 0.05) is 0 Å². The van der Waals surface area contributed by atoms with Gasteiger partial charge in [-0.2, -0.15) is 0 Å². The van der Waals surface area contributed by atoms with E-state index in [2.05, 4.69) is 0 Å². The molecule has 6 nitrogen and oxygen atoms in total. The zero-order chi connectivity index (χ0) is 24.8. The minimum atomic E-state index is -1.12. The molecule has 1 amide bonds. The van der Waals surface area contributed by atoms with Crippen molar-refractivity contribution in [2.24, 2.45) is 0 Å². The van der Waals surface area contributed by atoms with Gasteiger partial charge in [0.15, 0.2) is 11.5 Å². The Hall–Kier alpha value is -3.62. The Morgan fingerprint density at radius 1 is 0.971 bits per heavy atom. The molecule has 1 N–H and O–H groups in total. The van der Waals surface area contributed by atoms with Gasteiger partial charge in [-0.25, -0.2) is 0 Å². The molecule has 0 atom stereocenters. The van der Waals surface area contributed by atoms with E-state index in [1.54, 1.807) is 18.2 Å². The molecule has 0 bridgehead atoms. The van der Waals surface area contributed by atoms with Gasteiger partial charge >= 0.3 is 5.97 Å². The SMILES string of the molecule is Cc1ccc(COc2ccc(C=C3SC(=S)N(CC(=O)O)C3=O)cc2OCc2ccccc2)cc1. The van der Waals surface area contributed by atoms with Gasteiger partial charge < -0.3 is 14.6 Å². The van der Waals surface area contributed by atoms with Crippen LogP contribution in [0, 0.1) is 6.92 Å². The maximum atomic E-state index is 12.6. The van der Waals surface area contributed by atoms with Crippen LogP contribution in [0.25, 0.3) is 6.08 Å². The predicted molar refractivity (Wildman–Crippen MR) is 140 cm³/mol. The highest BCUT2D eigenvalue weighted by molar-refractivity contribution is 8.26. The molecule has 1 aliphatic heterocycles. The van der Waals surface area contributed by atoms with Crippen LogP contribution in [0.3, 0.4) is 0 Å². The molecule has 0 radical (unpaired) electrons.